The molecule has 0 atom stereocenters. The zero-order valence-corrected chi connectivity index (χ0v) is 18.8. The van der Waals surface area contributed by atoms with Crippen LogP contribution in [0.1, 0.15) is 65.0 Å². The van der Waals surface area contributed by atoms with Crippen LogP contribution in [0, 0.1) is 12.3 Å². The van der Waals surface area contributed by atoms with Crippen molar-refractivity contribution in [2.75, 3.05) is 10.7 Å². The van der Waals surface area contributed by atoms with Crippen LogP contribution in [0.2, 0.25) is 0 Å². The van der Waals surface area contributed by atoms with Gasteiger partial charge in [0.1, 0.15) is 5.76 Å². The van der Waals surface area contributed by atoms with Gasteiger partial charge in [0.15, 0.2) is 11.5 Å². The Morgan fingerprint density at radius 2 is 1.72 bits per heavy atom. The number of hydrogen-bond acceptors (Lipinski definition) is 5. The maximum absolute atomic E-state index is 13.0. The minimum Gasteiger partial charge on any atom is -0.455 e. The predicted octanol–water partition coefficient (Wildman–Crippen LogP) is 5.83. The minimum absolute atomic E-state index is 0.0436. The van der Waals surface area contributed by atoms with Crippen LogP contribution in [0.25, 0.3) is 0 Å². The van der Waals surface area contributed by atoms with Crippen LogP contribution < -0.4 is 10.7 Å². The van der Waals surface area contributed by atoms with Crippen LogP contribution >= 0.6 is 0 Å². The van der Waals surface area contributed by atoms with E-state index in [4.69, 9.17) is 4.42 Å². The zero-order valence-electron chi connectivity index (χ0n) is 18.8. The summed E-state index contributed by atoms with van der Waals surface area (Å²) in [5, 5.41) is 7.53. The molecule has 0 saturated carbocycles. The molecule has 0 bridgehead atoms. The van der Waals surface area contributed by atoms with Gasteiger partial charge in [-0.2, -0.15) is 5.10 Å². The van der Waals surface area contributed by atoms with Crippen molar-refractivity contribution in [2.24, 2.45) is 10.5 Å². The molecule has 6 nitrogen and oxygen atoms in total. The Labute approximate surface area is 187 Å². The number of ketones is 1. The first-order valence-corrected chi connectivity index (χ1v) is 10.7. The Kier molecular flexibility index (Phi) is 5.70. The van der Waals surface area contributed by atoms with E-state index < -0.39 is 0 Å². The van der Waals surface area contributed by atoms with Crippen LogP contribution in [-0.4, -0.2) is 17.4 Å². The topological polar surface area (TPSA) is 83.7 Å². The van der Waals surface area contributed by atoms with Crippen molar-refractivity contribution in [2.45, 2.75) is 40.5 Å². The molecule has 1 heterocycles. The summed E-state index contributed by atoms with van der Waals surface area (Å²) in [6, 6.07) is 16.6. The van der Waals surface area contributed by atoms with Gasteiger partial charge in [0.25, 0.3) is 5.91 Å². The van der Waals surface area contributed by atoms with E-state index in [0.29, 0.717) is 11.3 Å². The molecule has 32 heavy (non-hydrogen) atoms. The van der Waals surface area contributed by atoms with E-state index in [1.54, 1.807) is 24.3 Å². The van der Waals surface area contributed by atoms with Crippen molar-refractivity contribution in [3.63, 3.8) is 0 Å². The van der Waals surface area contributed by atoms with Crippen molar-refractivity contribution in [1.29, 1.82) is 0 Å². The van der Waals surface area contributed by atoms with Crippen molar-refractivity contribution < 1.29 is 14.0 Å². The Bertz CT molecular complexity index is 1210. The van der Waals surface area contributed by atoms with Gasteiger partial charge >= 0.3 is 0 Å². The molecular formula is C26H27N3O3. The summed E-state index contributed by atoms with van der Waals surface area (Å²) in [7, 11) is 0. The standard InChI is InChI=1S/C26H27N3O3/c1-16-23-21(29-28-19-10-6-5-7-11-19)14-26(3,4)15-22(23)32-24(16)25(31)27-20-12-8-9-18(13-20)17(2)30/h5-13,28H,14-15H2,1-4H3,(H,27,31)/b29-21-. The molecule has 2 aromatic carbocycles. The van der Waals surface area contributed by atoms with Crippen molar-refractivity contribution >= 4 is 28.8 Å². The molecule has 0 unspecified atom stereocenters. The van der Waals surface area contributed by atoms with Gasteiger partial charge in [-0.15, -0.1) is 0 Å². The summed E-state index contributed by atoms with van der Waals surface area (Å²) < 4.78 is 6.08. The largest absolute Gasteiger partial charge is 0.455 e. The maximum atomic E-state index is 13.0. The maximum Gasteiger partial charge on any atom is 0.291 e. The number of anilines is 2. The molecular weight excluding hydrogens is 402 g/mol. The third-order valence-electron chi connectivity index (χ3n) is 5.62. The van der Waals surface area contributed by atoms with Crippen LogP contribution in [0.5, 0.6) is 0 Å². The molecule has 1 aliphatic carbocycles. The van der Waals surface area contributed by atoms with Crippen molar-refractivity contribution in [3.05, 3.63) is 82.8 Å². The fraction of sp³-hybridized carbons (Fsp3) is 0.269. The third-order valence-corrected chi connectivity index (χ3v) is 5.62. The van der Waals surface area contributed by atoms with Crippen LogP contribution in [-0.2, 0) is 6.42 Å². The third kappa shape index (κ3) is 4.49. The van der Waals surface area contributed by atoms with Crippen molar-refractivity contribution in [1.82, 2.24) is 0 Å². The second-order valence-corrected chi connectivity index (χ2v) is 9.00. The highest BCUT2D eigenvalue weighted by atomic mass is 16.4. The number of carbonyl (C=O) groups is 2. The molecule has 3 aromatic rings. The number of furan rings is 1. The predicted molar refractivity (Wildman–Crippen MR) is 127 cm³/mol. The first-order valence-electron chi connectivity index (χ1n) is 10.7. The Balaban J connectivity index is 1.65. The zero-order chi connectivity index (χ0) is 22.9. The fourth-order valence-electron chi connectivity index (χ4n) is 4.07. The summed E-state index contributed by atoms with van der Waals surface area (Å²) in [4.78, 5) is 24.7. The van der Waals surface area contributed by atoms with Gasteiger partial charge < -0.3 is 9.73 Å². The van der Waals surface area contributed by atoms with Gasteiger partial charge in [0.05, 0.1) is 11.4 Å². The summed E-state index contributed by atoms with van der Waals surface area (Å²) in [5.41, 5.74) is 7.62. The van der Waals surface area contributed by atoms with E-state index in [1.165, 1.54) is 6.92 Å². The molecule has 1 aromatic heterocycles. The summed E-state index contributed by atoms with van der Waals surface area (Å²) in [5.74, 6) is 0.647. The molecule has 0 radical (unpaired) electrons. The summed E-state index contributed by atoms with van der Waals surface area (Å²) in [6.07, 6.45) is 1.49. The molecule has 4 rings (SSSR count). The van der Waals surface area contributed by atoms with Crippen LogP contribution in [0.3, 0.4) is 0 Å². The lowest BCUT2D eigenvalue weighted by atomic mass is 9.75. The molecule has 6 heteroatoms. The smallest absolute Gasteiger partial charge is 0.291 e. The molecule has 1 aliphatic rings. The number of hydrazone groups is 1. The monoisotopic (exact) mass is 429 g/mol. The number of hydrogen-bond donors (Lipinski definition) is 2. The number of nitrogens with one attached hydrogen (secondary N) is 2. The lowest BCUT2D eigenvalue weighted by molar-refractivity contribution is 0.0989. The second kappa shape index (κ2) is 8.46. The van der Waals surface area contributed by atoms with E-state index in [0.717, 1.165) is 41.1 Å². The van der Waals surface area contributed by atoms with Crippen molar-refractivity contribution in [3.8, 4) is 0 Å². The average molecular weight is 430 g/mol. The molecule has 0 aliphatic heterocycles. The number of para-hydroxylation sites is 1. The Morgan fingerprint density at radius 1 is 1.00 bits per heavy atom. The molecule has 0 saturated heterocycles. The van der Waals surface area contributed by atoms with Crippen LogP contribution in [0.15, 0.2) is 64.1 Å². The number of carbonyl (C=O) groups excluding carboxylic acids is 2. The molecule has 164 valence electrons. The molecule has 0 fully saturated rings. The molecule has 2 N–H and O–H groups in total. The van der Waals surface area contributed by atoms with E-state index in [9.17, 15) is 9.59 Å². The number of amides is 1. The quantitative estimate of drug-likeness (QED) is 0.395. The van der Waals surface area contributed by atoms with Gasteiger partial charge in [-0.3, -0.25) is 15.0 Å². The number of nitrogens with zero attached hydrogens (tertiary/aromatic N) is 1. The lowest BCUT2D eigenvalue weighted by Crippen LogP contribution is -2.27. The second-order valence-electron chi connectivity index (χ2n) is 9.00. The summed E-state index contributed by atoms with van der Waals surface area (Å²) in [6.45, 7) is 7.72. The van der Waals surface area contributed by atoms with E-state index in [1.807, 2.05) is 37.3 Å². The minimum atomic E-state index is -0.342. The fourth-order valence-corrected chi connectivity index (χ4v) is 4.07. The van der Waals surface area contributed by atoms with Gasteiger partial charge in [0, 0.05) is 28.8 Å². The summed E-state index contributed by atoms with van der Waals surface area (Å²) >= 11 is 0. The Hall–Kier alpha value is -3.67. The van der Waals surface area contributed by atoms with Gasteiger partial charge in [-0.05, 0) is 49.9 Å². The van der Waals surface area contributed by atoms with E-state index >= 15 is 0 Å². The van der Waals surface area contributed by atoms with Gasteiger partial charge in [0.2, 0.25) is 0 Å². The number of rotatable bonds is 5. The highest BCUT2D eigenvalue weighted by Gasteiger charge is 2.36. The normalized spacial score (nSPS) is 15.8. The number of fused-ring (bicyclic) bond motifs is 1. The average Bonchev–Trinajstić information content (AvgIpc) is 3.08. The van der Waals surface area contributed by atoms with Gasteiger partial charge in [-0.25, -0.2) is 0 Å². The molecule has 0 spiro atoms. The van der Waals surface area contributed by atoms with Gasteiger partial charge in [-0.1, -0.05) is 44.2 Å². The number of benzene rings is 2. The number of Topliss-reactive ketones (excluding diaryl/α,β-unsaturated/α-hetero) is 1. The highest BCUT2D eigenvalue weighted by Crippen LogP contribution is 2.39. The SMILES string of the molecule is CC(=O)c1cccc(NC(=O)c2oc3c(c2C)/C(=N\Nc2ccccc2)CC(C)(C)C3)c1. The van der Waals surface area contributed by atoms with E-state index in [2.05, 4.69) is 29.7 Å². The first kappa shape index (κ1) is 21.6. The van der Waals surface area contributed by atoms with E-state index in [-0.39, 0.29) is 22.9 Å². The first-order chi connectivity index (χ1) is 15.2. The lowest BCUT2D eigenvalue weighted by Gasteiger charge is -2.29. The highest BCUT2D eigenvalue weighted by molar-refractivity contribution is 6.10. The van der Waals surface area contributed by atoms with Crippen LogP contribution in [0.4, 0.5) is 11.4 Å². The molecule has 1 amide bonds. The Morgan fingerprint density at radius 3 is 2.44 bits per heavy atom.